The van der Waals surface area contributed by atoms with Crippen molar-refractivity contribution in [3.63, 3.8) is 0 Å². The van der Waals surface area contributed by atoms with Crippen LogP contribution >= 0.6 is 25.3 Å². The van der Waals surface area contributed by atoms with Crippen molar-refractivity contribution in [3.8, 4) is 5.95 Å². The lowest BCUT2D eigenvalue weighted by atomic mass is 9.80. The molecule has 5 nitrogen and oxygen atoms in total. The third-order valence-corrected chi connectivity index (χ3v) is 7.36. The molecule has 170 valence electrons. The summed E-state index contributed by atoms with van der Waals surface area (Å²) in [6.07, 6.45) is 3.35. The van der Waals surface area contributed by atoms with Crippen LogP contribution in [0, 0.1) is 12.8 Å². The van der Waals surface area contributed by atoms with E-state index in [9.17, 15) is 9.59 Å². The van der Waals surface area contributed by atoms with Crippen LogP contribution in [-0.4, -0.2) is 24.9 Å². The van der Waals surface area contributed by atoms with Gasteiger partial charge in [0, 0.05) is 38.9 Å². The number of Topliss-reactive ketones (excluding diaryl/α,β-unsaturated/α-hetero) is 1. The highest BCUT2D eigenvalue weighted by Crippen LogP contribution is 2.47. The van der Waals surface area contributed by atoms with E-state index in [1.54, 1.807) is 12.3 Å². The van der Waals surface area contributed by atoms with Crippen molar-refractivity contribution >= 4 is 42.1 Å². The minimum atomic E-state index is -0.545. The summed E-state index contributed by atoms with van der Waals surface area (Å²) in [4.78, 5) is 33.7. The van der Waals surface area contributed by atoms with Gasteiger partial charge in [0.05, 0.1) is 11.0 Å². The zero-order valence-electron chi connectivity index (χ0n) is 19.5. The summed E-state index contributed by atoms with van der Waals surface area (Å²) >= 11 is 8.80. The topological polar surface area (TPSA) is 67.8 Å². The van der Waals surface area contributed by atoms with Gasteiger partial charge in [-0.1, -0.05) is 6.92 Å². The Morgan fingerprint density at radius 3 is 2.34 bits per heavy atom. The second-order valence-electron chi connectivity index (χ2n) is 10.2. The molecule has 7 heteroatoms. The van der Waals surface area contributed by atoms with Crippen LogP contribution in [0.4, 0.5) is 0 Å². The summed E-state index contributed by atoms with van der Waals surface area (Å²) < 4.78 is 1.98. The zero-order valence-corrected chi connectivity index (χ0v) is 21.3. The SMILES string of the molecule is Cc1c(CC(C)CC(S)S)n(-c2nc3cc4c(cc3[nH]2)C(C)(C)C(=O)C4(C)C)ccc1=O. The number of pyridine rings is 1. The van der Waals surface area contributed by atoms with E-state index in [0.29, 0.717) is 11.9 Å². The monoisotopic (exact) mass is 469 g/mol. The summed E-state index contributed by atoms with van der Waals surface area (Å²) in [5.41, 5.74) is 4.40. The molecule has 0 radical (unpaired) electrons. The average Bonchev–Trinajstić information content (AvgIpc) is 3.16. The molecule has 1 N–H and O–H groups in total. The molecule has 32 heavy (non-hydrogen) atoms. The Balaban J connectivity index is 1.85. The molecule has 0 bridgehead atoms. The van der Waals surface area contributed by atoms with E-state index in [-0.39, 0.29) is 15.8 Å². The molecule has 0 amide bonds. The maximum absolute atomic E-state index is 13.0. The lowest BCUT2D eigenvalue weighted by Crippen LogP contribution is -2.33. The highest BCUT2D eigenvalue weighted by atomic mass is 32.2. The quantitative estimate of drug-likeness (QED) is 0.367. The molecule has 0 fully saturated rings. The second-order valence-corrected chi connectivity index (χ2v) is 11.9. The summed E-state index contributed by atoms with van der Waals surface area (Å²) in [5.74, 6) is 1.21. The molecule has 0 spiro atoms. The third kappa shape index (κ3) is 3.63. The summed E-state index contributed by atoms with van der Waals surface area (Å²) in [7, 11) is 0. The largest absolute Gasteiger partial charge is 0.323 e. The van der Waals surface area contributed by atoms with E-state index < -0.39 is 10.8 Å². The number of nitrogens with one attached hydrogen (secondary N) is 1. The van der Waals surface area contributed by atoms with Crippen molar-refractivity contribution in [2.45, 2.75) is 69.8 Å². The van der Waals surface area contributed by atoms with Crippen molar-refractivity contribution in [2.24, 2.45) is 5.92 Å². The molecule has 2 aromatic heterocycles. The molecule has 3 aromatic rings. The van der Waals surface area contributed by atoms with E-state index in [1.165, 1.54) is 0 Å². The number of carbonyl (C=O) groups excluding carboxylic acids is 1. The van der Waals surface area contributed by atoms with Crippen LogP contribution in [0.2, 0.25) is 0 Å². The van der Waals surface area contributed by atoms with Gasteiger partial charge in [0.1, 0.15) is 0 Å². The number of imidazole rings is 1. The number of nitrogens with zero attached hydrogens (tertiary/aromatic N) is 2. The number of H-pyrrole nitrogens is 1. The van der Waals surface area contributed by atoms with E-state index in [0.717, 1.165) is 46.3 Å². The standard InChI is InChI=1S/C25H31N3O2S2/c1-13(10-21(31)32)9-19-14(2)20(29)7-8-28(19)23-26-17-11-15-16(12-18(17)27-23)25(5,6)22(30)24(15,3)4/h7-8,11-13,21,31-32H,9-10H2,1-6H3,(H,26,27). The van der Waals surface area contributed by atoms with E-state index in [2.05, 4.69) is 43.2 Å². The molecule has 1 aromatic carbocycles. The Kier molecular flexibility index (Phi) is 5.65. The van der Waals surface area contributed by atoms with E-state index in [4.69, 9.17) is 4.98 Å². The Bertz CT molecular complexity index is 1230. The predicted octanol–water partition coefficient (Wildman–Crippen LogP) is 4.91. The molecular formula is C25H31N3O2S2. The number of hydrogen-bond acceptors (Lipinski definition) is 5. The van der Waals surface area contributed by atoms with Crippen LogP contribution < -0.4 is 5.43 Å². The maximum Gasteiger partial charge on any atom is 0.212 e. The fourth-order valence-electron chi connectivity index (χ4n) is 5.12. The predicted molar refractivity (Wildman–Crippen MR) is 137 cm³/mol. The van der Waals surface area contributed by atoms with Crippen LogP contribution in [-0.2, 0) is 22.0 Å². The van der Waals surface area contributed by atoms with Gasteiger partial charge in [-0.15, -0.1) is 0 Å². The van der Waals surface area contributed by atoms with Crippen molar-refractivity contribution in [2.75, 3.05) is 0 Å². The Morgan fingerprint density at radius 2 is 1.72 bits per heavy atom. The minimum absolute atomic E-state index is 0.00260. The fourth-order valence-corrected chi connectivity index (χ4v) is 5.84. The van der Waals surface area contributed by atoms with Crippen LogP contribution in [0.3, 0.4) is 0 Å². The van der Waals surface area contributed by atoms with Crippen molar-refractivity contribution < 1.29 is 4.79 Å². The van der Waals surface area contributed by atoms with Gasteiger partial charge in [-0.2, -0.15) is 25.3 Å². The smallest absolute Gasteiger partial charge is 0.212 e. The summed E-state index contributed by atoms with van der Waals surface area (Å²) in [6.45, 7) is 12.0. The molecular weight excluding hydrogens is 438 g/mol. The number of aromatic amines is 1. The van der Waals surface area contributed by atoms with Gasteiger partial charge >= 0.3 is 0 Å². The number of ketones is 1. The highest BCUT2D eigenvalue weighted by Gasteiger charge is 2.50. The van der Waals surface area contributed by atoms with Gasteiger partial charge in [0.15, 0.2) is 11.2 Å². The lowest BCUT2D eigenvalue weighted by molar-refractivity contribution is -0.126. The number of carbonyl (C=O) groups is 1. The van der Waals surface area contributed by atoms with Crippen molar-refractivity contribution in [3.05, 3.63) is 57.0 Å². The van der Waals surface area contributed by atoms with Crippen LogP contribution in [0.1, 0.15) is 63.4 Å². The lowest BCUT2D eigenvalue weighted by Gasteiger charge is -2.21. The zero-order chi connectivity index (χ0) is 23.6. The molecule has 1 aliphatic rings. The van der Waals surface area contributed by atoms with Crippen molar-refractivity contribution in [1.29, 1.82) is 0 Å². The Hall–Kier alpha value is -1.99. The second kappa shape index (κ2) is 7.80. The first kappa shape index (κ1) is 23.2. The number of fused-ring (bicyclic) bond motifs is 2. The Morgan fingerprint density at radius 1 is 1.09 bits per heavy atom. The Labute approximate surface area is 199 Å². The van der Waals surface area contributed by atoms with Crippen LogP contribution in [0.5, 0.6) is 0 Å². The molecule has 1 atom stereocenters. The van der Waals surface area contributed by atoms with E-state index in [1.807, 2.05) is 45.3 Å². The first-order chi connectivity index (χ1) is 14.8. The summed E-state index contributed by atoms with van der Waals surface area (Å²) in [5, 5.41) is 0. The van der Waals surface area contributed by atoms with Crippen LogP contribution in [0.15, 0.2) is 29.2 Å². The third-order valence-electron chi connectivity index (χ3n) is 6.94. The molecule has 4 rings (SSSR count). The number of benzene rings is 1. The van der Waals surface area contributed by atoms with Gasteiger partial charge in [0.25, 0.3) is 0 Å². The molecule has 0 saturated heterocycles. The van der Waals surface area contributed by atoms with Gasteiger partial charge in [0.2, 0.25) is 5.95 Å². The van der Waals surface area contributed by atoms with Gasteiger partial charge in [-0.05, 0) is 76.6 Å². The number of aromatic nitrogens is 3. The molecule has 1 aliphatic carbocycles. The fraction of sp³-hybridized carbons (Fsp3) is 0.480. The first-order valence-electron chi connectivity index (χ1n) is 11.0. The summed E-state index contributed by atoms with van der Waals surface area (Å²) in [6, 6.07) is 5.70. The molecule has 2 heterocycles. The molecule has 1 unspecified atom stereocenters. The average molecular weight is 470 g/mol. The van der Waals surface area contributed by atoms with E-state index >= 15 is 0 Å². The number of thiol groups is 2. The van der Waals surface area contributed by atoms with Gasteiger partial charge < -0.3 is 4.98 Å². The normalized spacial score (nSPS) is 17.8. The number of rotatable bonds is 5. The minimum Gasteiger partial charge on any atom is -0.323 e. The molecule has 0 aliphatic heterocycles. The van der Waals surface area contributed by atoms with Crippen LogP contribution in [0.25, 0.3) is 17.0 Å². The van der Waals surface area contributed by atoms with Gasteiger partial charge in [-0.3, -0.25) is 14.2 Å². The van der Waals surface area contributed by atoms with Gasteiger partial charge in [-0.25, -0.2) is 4.98 Å². The highest BCUT2D eigenvalue weighted by molar-refractivity contribution is 7.99. The maximum atomic E-state index is 13.0. The van der Waals surface area contributed by atoms with Crippen molar-refractivity contribution in [1.82, 2.24) is 14.5 Å². The molecule has 0 saturated carbocycles. The first-order valence-corrected chi connectivity index (χ1v) is 12.0. The number of hydrogen-bond donors (Lipinski definition) is 3.